The molecule has 0 heterocycles. The fourth-order valence-corrected chi connectivity index (χ4v) is 0.493. The van der Waals surface area contributed by atoms with Crippen LogP contribution in [-0.4, -0.2) is 6.29 Å². The van der Waals surface area contributed by atoms with Gasteiger partial charge in [-0.2, -0.15) is 5.26 Å². The molecule has 1 radical (unpaired) electrons. The van der Waals surface area contributed by atoms with Gasteiger partial charge in [-0.05, 0) is 5.92 Å². The van der Waals surface area contributed by atoms with Crippen molar-refractivity contribution in [3.05, 3.63) is 0 Å². The molecule has 0 aromatic rings. The van der Waals surface area contributed by atoms with Crippen LogP contribution in [0.3, 0.4) is 0 Å². The first-order chi connectivity index (χ1) is 4.54. The van der Waals surface area contributed by atoms with Crippen molar-refractivity contribution in [3.63, 3.8) is 0 Å². The average Bonchev–Trinajstić information content (AvgIpc) is 1.89. The molecule has 0 aliphatic heterocycles. The lowest BCUT2D eigenvalue weighted by molar-refractivity contribution is 0.323. The van der Waals surface area contributed by atoms with E-state index >= 15 is 0 Å². The summed E-state index contributed by atoms with van der Waals surface area (Å²) in [6.45, 7) is 5.47. The molecule has 2 nitrogen and oxygen atoms in total. The molecule has 0 spiro atoms. The van der Waals surface area contributed by atoms with Crippen molar-refractivity contribution < 1.29 is 4.79 Å². The molecule has 0 aliphatic rings. The lowest BCUT2D eigenvalue weighted by atomic mass is 9.80. The molecule has 55 valence electrons. The monoisotopic (exact) mass is 138 g/mol. The smallest absolute Gasteiger partial charge is 0.204 e. The third-order valence-corrected chi connectivity index (χ3v) is 1.89. The van der Waals surface area contributed by atoms with Crippen LogP contribution in [-0.2, 0) is 4.79 Å². The number of carbonyl (C=O) groups excluding carboxylic acids is 1. The van der Waals surface area contributed by atoms with E-state index in [1.807, 2.05) is 19.3 Å². The minimum Gasteiger partial charge on any atom is -0.290 e. The molecule has 0 N–H and O–H groups in total. The van der Waals surface area contributed by atoms with E-state index < -0.39 is 5.41 Å². The summed E-state index contributed by atoms with van der Waals surface area (Å²) in [5.41, 5.74) is -0.476. The van der Waals surface area contributed by atoms with E-state index in [2.05, 4.69) is 0 Å². The van der Waals surface area contributed by atoms with E-state index in [1.54, 1.807) is 13.8 Å². The first-order valence-corrected chi connectivity index (χ1v) is 3.31. The minimum atomic E-state index is -0.476. The van der Waals surface area contributed by atoms with Crippen LogP contribution in [0, 0.1) is 22.7 Å². The summed E-state index contributed by atoms with van der Waals surface area (Å²) in [6.07, 6.45) is 2.34. The predicted molar refractivity (Wildman–Crippen MR) is 38.9 cm³/mol. The van der Waals surface area contributed by atoms with Gasteiger partial charge in [0.05, 0.1) is 6.07 Å². The zero-order valence-electron chi connectivity index (χ0n) is 6.64. The Balaban J connectivity index is 4.06. The number of hydrogen-bond acceptors (Lipinski definition) is 2. The van der Waals surface area contributed by atoms with Crippen molar-refractivity contribution in [1.82, 2.24) is 0 Å². The summed E-state index contributed by atoms with van der Waals surface area (Å²) in [5, 5.41) is 8.32. The minimum absolute atomic E-state index is 0.0926. The van der Waals surface area contributed by atoms with Crippen LogP contribution in [0.5, 0.6) is 0 Å². The second-order valence-corrected chi connectivity index (χ2v) is 3.09. The van der Waals surface area contributed by atoms with E-state index in [9.17, 15) is 4.79 Å². The number of rotatable bonds is 3. The van der Waals surface area contributed by atoms with Gasteiger partial charge in [0.2, 0.25) is 6.29 Å². The van der Waals surface area contributed by atoms with Crippen LogP contribution < -0.4 is 0 Å². The van der Waals surface area contributed by atoms with Crippen molar-refractivity contribution in [3.8, 4) is 6.07 Å². The zero-order valence-corrected chi connectivity index (χ0v) is 6.64. The van der Waals surface area contributed by atoms with Gasteiger partial charge in [0, 0.05) is 11.8 Å². The SMILES string of the molecule is CC(CC#N)C(C)(C)[C]=O. The molecular weight excluding hydrogens is 126 g/mol. The lowest BCUT2D eigenvalue weighted by Crippen LogP contribution is -2.22. The average molecular weight is 138 g/mol. The Kier molecular flexibility index (Phi) is 3.08. The Labute approximate surface area is 61.8 Å². The van der Waals surface area contributed by atoms with Crippen molar-refractivity contribution >= 4 is 6.29 Å². The molecule has 0 amide bonds. The van der Waals surface area contributed by atoms with Crippen LogP contribution >= 0.6 is 0 Å². The molecular formula is C8H12NO. The maximum absolute atomic E-state index is 10.3. The van der Waals surface area contributed by atoms with Gasteiger partial charge in [-0.15, -0.1) is 0 Å². The van der Waals surface area contributed by atoms with E-state index in [4.69, 9.17) is 5.26 Å². The highest BCUT2D eigenvalue weighted by molar-refractivity contribution is 5.59. The Morgan fingerprint density at radius 2 is 2.10 bits per heavy atom. The molecule has 1 unspecified atom stereocenters. The lowest BCUT2D eigenvalue weighted by Gasteiger charge is -2.21. The summed E-state index contributed by atoms with van der Waals surface area (Å²) >= 11 is 0. The van der Waals surface area contributed by atoms with Crippen LogP contribution in [0.1, 0.15) is 27.2 Å². The van der Waals surface area contributed by atoms with E-state index in [0.29, 0.717) is 6.42 Å². The Bertz CT molecular complexity index is 155. The molecule has 0 saturated heterocycles. The molecule has 10 heavy (non-hydrogen) atoms. The van der Waals surface area contributed by atoms with Gasteiger partial charge in [-0.25, -0.2) is 0 Å². The molecule has 0 aliphatic carbocycles. The molecule has 0 fully saturated rings. The molecule has 0 aromatic heterocycles. The first-order valence-electron chi connectivity index (χ1n) is 3.31. The molecule has 1 atom stereocenters. The second kappa shape index (κ2) is 3.36. The van der Waals surface area contributed by atoms with Gasteiger partial charge in [-0.1, -0.05) is 20.8 Å². The highest BCUT2D eigenvalue weighted by Gasteiger charge is 2.25. The molecule has 0 saturated carbocycles. The third-order valence-electron chi connectivity index (χ3n) is 1.89. The third kappa shape index (κ3) is 2.18. The van der Waals surface area contributed by atoms with Crippen molar-refractivity contribution in [2.24, 2.45) is 11.3 Å². The summed E-state index contributed by atoms with van der Waals surface area (Å²) in [7, 11) is 0. The van der Waals surface area contributed by atoms with Crippen LogP contribution in [0.4, 0.5) is 0 Å². The van der Waals surface area contributed by atoms with E-state index in [-0.39, 0.29) is 5.92 Å². The van der Waals surface area contributed by atoms with Crippen LogP contribution in [0.2, 0.25) is 0 Å². The van der Waals surface area contributed by atoms with Crippen LogP contribution in [0.25, 0.3) is 0 Å². The quantitative estimate of drug-likeness (QED) is 0.595. The van der Waals surface area contributed by atoms with E-state index in [0.717, 1.165) is 0 Å². The topological polar surface area (TPSA) is 40.9 Å². The highest BCUT2D eigenvalue weighted by Crippen LogP contribution is 2.25. The zero-order chi connectivity index (χ0) is 8.20. The largest absolute Gasteiger partial charge is 0.290 e. The molecule has 0 bridgehead atoms. The van der Waals surface area contributed by atoms with Crippen LogP contribution in [0.15, 0.2) is 0 Å². The normalized spacial score (nSPS) is 13.8. The Morgan fingerprint density at radius 3 is 2.40 bits per heavy atom. The van der Waals surface area contributed by atoms with Crippen molar-refractivity contribution in [1.29, 1.82) is 5.26 Å². The van der Waals surface area contributed by atoms with E-state index in [1.165, 1.54) is 0 Å². The van der Waals surface area contributed by atoms with Gasteiger partial charge in [0.25, 0.3) is 0 Å². The van der Waals surface area contributed by atoms with Gasteiger partial charge < -0.3 is 0 Å². The number of nitrogens with zero attached hydrogens (tertiary/aromatic N) is 1. The number of nitriles is 1. The van der Waals surface area contributed by atoms with Crippen molar-refractivity contribution in [2.45, 2.75) is 27.2 Å². The fourth-order valence-electron chi connectivity index (χ4n) is 0.493. The van der Waals surface area contributed by atoms with Gasteiger partial charge in [0.15, 0.2) is 0 Å². The second-order valence-electron chi connectivity index (χ2n) is 3.09. The predicted octanol–water partition coefficient (Wildman–Crippen LogP) is 1.67. The molecule has 2 heteroatoms. The maximum Gasteiger partial charge on any atom is 0.204 e. The summed E-state index contributed by atoms with van der Waals surface area (Å²) in [4.78, 5) is 10.3. The molecule has 0 rings (SSSR count). The van der Waals surface area contributed by atoms with Crippen molar-refractivity contribution in [2.75, 3.05) is 0 Å². The Morgan fingerprint density at radius 1 is 1.60 bits per heavy atom. The fraction of sp³-hybridized carbons (Fsp3) is 0.750. The van der Waals surface area contributed by atoms with Gasteiger partial charge in [-0.3, -0.25) is 4.79 Å². The Hall–Kier alpha value is -0.840. The summed E-state index contributed by atoms with van der Waals surface area (Å²) < 4.78 is 0. The standard InChI is InChI=1S/C8H12NO/c1-7(4-5-9)8(2,3)6-10/h7H,4H2,1-3H3. The first kappa shape index (κ1) is 9.16. The van der Waals surface area contributed by atoms with Gasteiger partial charge >= 0.3 is 0 Å². The maximum atomic E-state index is 10.3. The summed E-state index contributed by atoms with van der Waals surface area (Å²) in [5.74, 6) is 0.0926. The summed E-state index contributed by atoms with van der Waals surface area (Å²) in [6, 6.07) is 2.03. The van der Waals surface area contributed by atoms with Gasteiger partial charge in [0.1, 0.15) is 0 Å². The highest BCUT2D eigenvalue weighted by atomic mass is 16.1. The molecule has 0 aromatic carbocycles. The number of hydrogen-bond donors (Lipinski definition) is 0.